The molecule has 1 saturated heterocycles. The number of carboxylic acids is 1. The normalized spacial score (nSPS) is 17.3. The van der Waals surface area contributed by atoms with Crippen LogP contribution in [0.5, 0.6) is 0 Å². The molecule has 1 aliphatic rings. The minimum absolute atomic E-state index is 0.0395. The number of hydrogen-bond donors (Lipinski definition) is 2. The summed E-state index contributed by atoms with van der Waals surface area (Å²) in [5.74, 6) is -1.32. The lowest BCUT2D eigenvalue weighted by atomic mass is 10.2. The quantitative estimate of drug-likeness (QED) is 0.811. The first-order chi connectivity index (χ1) is 9.80. The van der Waals surface area contributed by atoms with Crippen LogP contribution in [0.2, 0.25) is 0 Å². The van der Waals surface area contributed by atoms with Crippen LogP contribution in [-0.4, -0.2) is 55.0 Å². The van der Waals surface area contributed by atoms with Gasteiger partial charge in [0.1, 0.15) is 0 Å². The molecule has 9 heteroatoms. The first-order valence-electron chi connectivity index (χ1n) is 6.08. The molecule has 0 unspecified atom stereocenters. The van der Waals surface area contributed by atoms with Crippen LogP contribution in [0.1, 0.15) is 10.4 Å². The van der Waals surface area contributed by atoms with Crippen molar-refractivity contribution in [3.63, 3.8) is 0 Å². The SMILES string of the molecule is O=C(O)c1cccc(Br)c1NC(=O)N1CCS(=O)(=O)CC1. The van der Waals surface area contributed by atoms with E-state index in [1.807, 2.05) is 0 Å². The number of carboxylic acid groups (broad SMARTS) is 1. The summed E-state index contributed by atoms with van der Waals surface area (Å²) in [6.07, 6.45) is 0. The fraction of sp³-hybridized carbons (Fsp3) is 0.333. The van der Waals surface area contributed by atoms with Crippen molar-refractivity contribution in [2.75, 3.05) is 29.9 Å². The number of nitrogens with zero attached hydrogens (tertiary/aromatic N) is 1. The molecule has 7 nitrogen and oxygen atoms in total. The fourth-order valence-electron chi connectivity index (χ4n) is 1.93. The number of nitrogens with one attached hydrogen (secondary N) is 1. The summed E-state index contributed by atoms with van der Waals surface area (Å²) >= 11 is 3.19. The number of aromatic carboxylic acids is 1. The van der Waals surface area contributed by atoms with Crippen LogP contribution in [-0.2, 0) is 9.84 Å². The molecule has 2 rings (SSSR count). The summed E-state index contributed by atoms with van der Waals surface area (Å²) < 4.78 is 23.1. The lowest BCUT2D eigenvalue weighted by Gasteiger charge is -2.27. The molecule has 0 aliphatic carbocycles. The molecule has 21 heavy (non-hydrogen) atoms. The smallest absolute Gasteiger partial charge is 0.337 e. The molecule has 1 heterocycles. The van der Waals surface area contributed by atoms with E-state index in [4.69, 9.17) is 5.11 Å². The number of anilines is 1. The van der Waals surface area contributed by atoms with Gasteiger partial charge in [0, 0.05) is 17.6 Å². The second-order valence-corrected chi connectivity index (χ2v) is 7.69. The van der Waals surface area contributed by atoms with Gasteiger partial charge in [-0.3, -0.25) is 0 Å². The third kappa shape index (κ3) is 3.73. The predicted molar refractivity (Wildman–Crippen MR) is 80.3 cm³/mol. The average Bonchev–Trinajstić information content (AvgIpc) is 2.40. The Morgan fingerprint density at radius 3 is 2.43 bits per heavy atom. The molecule has 1 aromatic rings. The maximum Gasteiger partial charge on any atom is 0.337 e. The van der Waals surface area contributed by atoms with E-state index >= 15 is 0 Å². The van der Waals surface area contributed by atoms with Crippen LogP contribution in [0.4, 0.5) is 10.5 Å². The molecule has 0 bridgehead atoms. The highest BCUT2D eigenvalue weighted by Crippen LogP contribution is 2.27. The van der Waals surface area contributed by atoms with Crippen molar-refractivity contribution in [3.8, 4) is 0 Å². The van der Waals surface area contributed by atoms with Gasteiger partial charge in [0.25, 0.3) is 0 Å². The monoisotopic (exact) mass is 376 g/mol. The number of carbonyl (C=O) groups excluding carboxylic acids is 1. The maximum absolute atomic E-state index is 12.1. The van der Waals surface area contributed by atoms with Crippen LogP contribution >= 0.6 is 15.9 Å². The molecule has 114 valence electrons. The molecule has 2 amide bonds. The van der Waals surface area contributed by atoms with Gasteiger partial charge in [-0.2, -0.15) is 0 Å². The van der Waals surface area contributed by atoms with Crippen molar-refractivity contribution >= 4 is 43.5 Å². The number of para-hydroxylation sites is 1. The molecule has 0 saturated carbocycles. The van der Waals surface area contributed by atoms with Crippen LogP contribution in [0, 0.1) is 0 Å². The average molecular weight is 377 g/mol. The highest BCUT2D eigenvalue weighted by molar-refractivity contribution is 9.10. The van der Waals surface area contributed by atoms with Gasteiger partial charge in [0.05, 0.1) is 22.8 Å². The summed E-state index contributed by atoms with van der Waals surface area (Å²) in [5, 5.41) is 11.6. The van der Waals surface area contributed by atoms with Crippen LogP contribution in [0.3, 0.4) is 0 Å². The number of urea groups is 1. The van der Waals surface area contributed by atoms with E-state index in [0.717, 1.165) is 0 Å². The predicted octanol–water partition coefficient (Wildman–Crippen LogP) is 1.41. The van der Waals surface area contributed by atoms with E-state index in [-0.39, 0.29) is 35.8 Å². The molecule has 0 radical (unpaired) electrons. The van der Waals surface area contributed by atoms with Crippen molar-refractivity contribution in [2.45, 2.75) is 0 Å². The Morgan fingerprint density at radius 2 is 1.86 bits per heavy atom. The summed E-state index contributed by atoms with van der Waals surface area (Å²) in [6.45, 7) is 0.196. The highest BCUT2D eigenvalue weighted by Gasteiger charge is 2.26. The Balaban J connectivity index is 2.16. The Hall–Kier alpha value is -1.61. The lowest BCUT2D eigenvalue weighted by Crippen LogP contribution is -2.45. The Bertz CT molecular complexity index is 675. The molecular formula is C12H13BrN2O5S. The van der Waals surface area contributed by atoms with Crippen LogP contribution < -0.4 is 5.32 Å². The molecule has 0 aromatic heterocycles. The van der Waals surface area contributed by atoms with Gasteiger partial charge in [-0.25, -0.2) is 18.0 Å². The van der Waals surface area contributed by atoms with E-state index < -0.39 is 21.8 Å². The topological polar surface area (TPSA) is 104 Å². The van der Waals surface area contributed by atoms with Crippen molar-refractivity contribution in [1.29, 1.82) is 0 Å². The molecule has 2 N–H and O–H groups in total. The lowest BCUT2D eigenvalue weighted by molar-refractivity contribution is 0.0698. The first-order valence-corrected chi connectivity index (χ1v) is 8.70. The molecule has 0 spiro atoms. The molecule has 1 aromatic carbocycles. The minimum atomic E-state index is -3.08. The van der Waals surface area contributed by atoms with E-state index in [1.54, 1.807) is 12.1 Å². The Kier molecular flexibility index (Phi) is 4.52. The van der Waals surface area contributed by atoms with Gasteiger partial charge in [-0.1, -0.05) is 6.07 Å². The number of carbonyl (C=O) groups is 2. The maximum atomic E-state index is 12.1. The Morgan fingerprint density at radius 1 is 1.24 bits per heavy atom. The minimum Gasteiger partial charge on any atom is -0.478 e. The van der Waals surface area contributed by atoms with Crippen molar-refractivity contribution in [3.05, 3.63) is 28.2 Å². The number of halogens is 1. The van der Waals surface area contributed by atoms with Gasteiger partial charge >= 0.3 is 12.0 Å². The zero-order valence-corrected chi connectivity index (χ0v) is 13.3. The number of rotatable bonds is 2. The van der Waals surface area contributed by atoms with Gasteiger partial charge in [0.15, 0.2) is 9.84 Å². The van der Waals surface area contributed by atoms with Gasteiger partial charge < -0.3 is 15.3 Å². The third-order valence-corrected chi connectivity index (χ3v) is 5.38. The van der Waals surface area contributed by atoms with E-state index in [2.05, 4.69) is 21.2 Å². The number of amides is 2. The number of benzene rings is 1. The van der Waals surface area contributed by atoms with Crippen molar-refractivity contribution in [1.82, 2.24) is 4.90 Å². The first kappa shape index (κ1) is 15.8. The van der Waals surface area contributed by atoms with Gasteiger partial charge in [-0.15, -0.1) is 0 Å². The zero-order chi connectivity index (χ0) is 15.6. The van der Waals surface area contributed by atoms with E-state index in [9.17, 15) is 18.0 Å². The van der Waals surface area contributed by atoms with Crippen LogP contribution in [0.15, 0.2) is 22.7 Å². The highest BCUT2D eigenvalue weighted by atomic mass is 79.9. The van der Waals surface area contributed by atoms with Gasteiger partial charge in [-0.05, 0) is 28.1 Å². The summed E-state index contributed by atoms with van der Waals surface area (Å²) in [7, 11) is -3.08. The molecule has 1 aliphatic heterocycles. The molecular weight excluding hydrogens is 364 g/mol. The second-order valence-electron chi connectivity index (χ2n) is 4.54. The third-order valence-electron chi connectivity index (χ3n) is 3.11. The van der Waals surface area contributed by atoms with E-state index in [1.165, 1.54) is 11.0 Å². The second kappa shape index (κ2) is 6.02. The summed E-state index contributed by atoms with van der Waals surface area (Å²) in [6, 6.07) is 4.03. The van der Waals surface area contributed by atoms with Crippen molar-refractivity contribution < 1.29 is 23.1 Å². The van der Waals surface area contributed by atoms with E-state index in [0.29, 0.717) is 4.47 Å². The summed E-state index contributed by atoms with van der Waals surface area (Å²) in [5.41, 5.74) is 0.116. The molecule has 0 atom stereocenters. The standard InChI is InChI=1S/C12H13BrN2O5S/c13-9-3-1-2-8(11(16)17)10(9)14-12(18)15-4-6-21(19,20)7-5-15/h1-3H,4-7H2,(H,14,18)(H,16,17). The van der Waals surface area contributed by atoms with Crippen LogP contribution in [0.25, 0.3) is 0 Å². The fourth-order valence-corrected chi connectivity index (χ4v) is 3.60. The molecule has 1 fully saturated rings. The number of sulfone groups is 1. The zero-order valence-electron chi connectivity index (χ0n) is 10.9. The summed E-state index contributed by atoms with van der Waals surface area (Å²) in [4.78, 5) is 24.6. The number of hydrogen-bond acceptors (Lipinski definition) is 4. The largest absolute Gasteiger partial charge is 0.478 e. The van der Waals surface area contributed by atoms with Gasteiger partial charge in [0.2, 0.25) is 0 Å². The Labute approximate surface area is 130 Å². The van der Waals surface area contributed by atoms with Crippen molar-refractivity contribution in [2.24, 2.45) is 0 Å².